The van der Waals surface area contributed by atoms with Gasteiger partial charge in [-0.1, -0.05) is 0 Å². The van der Waals surface area contributed by atoms with Crippen LogP contribution in [0.25, 0.3) is 0 Å². The van der Waals surface area contributed by atoms with E-state index >= 15 is 0 Å². The number of nitrogens with zero attached hydrogens (tertiary/aromatic N) is 1. The number of nitrogens with one attached hydrogen (secondary N) is 1. The number of benzene rings is 1. The van der Waals surface area contributed by atoms with Crippen LogP contribution in [-0.4, -0.2) is 36.8 Å². The van der Waals surface area contributed by atoms with Crippen molar-refractivity contribution in [3.8, 4) is 5.75 Å². The number of ether oxygens (including phenoxy) is 2. The Labute approximate surface area is 117 Å². The first-order chi connectivity index (χ1) is 9.56. The molecule has 1 aliphatic rings. The number of anilines is 1. The van der Waals surface area contributed by atoms with Crippen LogP contribution < -0.4 is 15.8 Å². The van der Waals surface area contributed by atoms with Crippen molar-refractivity contribution in [2.24, 2.45) is 5.73 Å². The second kappa shape index (κ2) is 6.06. The van der Waals surface area contributed by atoms with Gasteiger partial charge < -0.3 is 20.5 Å². The number of nitro benzene ring substituents is 1. The van der Waals surface area contributed by atoms with Crippen molar-refractivity contribution in [2.45, 2.75) is 31.5 Å². The maximum atomic E-state index is 11.1. The Bertz CT molecular complexity index is 493. The molecule has 0 bridgehead atoms. The summed E-state index contributed by atoms with van der Waals surface area (Å²) in [5.74, 6) is 0.446. The van der Waals surface area contributed by atoms with E-state index in [9.17, 15) is 10.1 Å². The number of hydrogen-bond donors (Lipinski definition) is 2. The quantitative estimate of drug-likeness (QED) is 0.605. The molecule has 0 saturated heterocycles. The summed E-state index contributed by atoms with van der Waals surface area (Å²) in [4.78, 5) is 10.7. The molecule has 1 fully saturated rings. The average molecular weight is 281 g/mol. The van der Waals surface area contributed by atoms with Crippen molar-refractivity contribution >= 4 is 11.4 Å². The molecule has 2 rings (SSSR count). The molecule has 7 heteroatoms. The highest BCUT2D eigenvalue weighted by Crippen LogP contribution is 2.33. The summed E-state index contributed by atoms with van der Waals surface area (Å²) < 4.78 is 10.5. The van der Waals surface area contributed by atoms with Gasteiger partial charge in [0.25, 0.3) is 5.69 Å². The second-order valence-corrected chi connectivity index (χ2v) is 4.70. The van der Waals surface area contributed by atoms with Crippen LogP contribution in [0.1, 0.15) is 13.3 Å². The van der Waals surface area contributed by atoms with E-state index in [2.05, 4.69) is 5.32 Å². The van der Waals surface area contributed by atoms with Crippen molar-refractivity contribution in [3.05, 3.63) is 28.3 Å². The number of nitro groups is 1. The summed E-state index contributed by atoms with van der Waals surface area (Å²) >= 11 is 0. The molecule has 1 aliphatic carbocycles. The molecule has 1 saturated carbocycles. The lowest BCUT2D eigenvalue weighted by Gasteiger charge is -2.42. The minimum absolute atomic E-state index is 0.00305. The van der Waals surface area contributed by atoms with Gasteiger partial charge in [0, 0.05) is 12.6 Å². The Hall–Kier alpha value is -1.86. The fourth-order valence-corrected chi connectivity index (χ4v) is 2.32. The van der Waals surface area contributed by atoms with Gasteiger partial charge in [-0.05, 0) is 25.5 Å². The van der Waals surface area contributed by atoms with Crippen LogP contribution in [0.15, 0.2) is 18.2 Å². The first kappa shape index (κ1) is 14.5. The van der Waals surface area contributed by atoms with Gasteiger partial charge in [0.15, 0.2) is 0 Å². The molecule has 0 spiro atoms. The molecule has 3 atom stereocenters. The molecule has 3 unspecified atom stereocenters. The lowest BCUT2D eigenvalue weighted by molar-refractivity contribution is -0.384. The Morgan fingerprint density at radius 2 is 2.30 bits per heavy atom. The third-order valence-electron chi connectivity index (χ3n) is 3.47. The van der Waals surface area contributed by atoms with Crippen LogP contribution in [0.4, 0.5) is 11.4 Å². The highest BCUT2D eigenvalue weighted by atomic mass is 16.6. The molecule has 0 aromatic heterocycles. The Morgan fingerprint density at radius 3 is 2.85 bits per heavy atom. The van der Waals surface area contributed by atoms with Crippen molar-refractivity contribution in [1.29, 1.82) is 0 Å². The topological polar surface area (TPSA) is 99.7 Å². The summed E-state index contributed by atoms with van der Waals surface area (Å²) in [7, 11) is 1.47. The smallest absolute Gasteiger partial charge is 0.296 e. The monoisotopic (exact) mass is 281 g/mol. The average Bonchev–Trinajstić information content (AvgIpc) is 2.44. The largest absolute Gasteiger partial charge is 0.496 e. The van der Waals surface area contributed by atoms with Crippen molar-refractivity contribution in [1.82, 2.24) is 0 Å². The van der Waals surface area contributed by atoms with Gasteiger partial charge in [-0.25, -0.2) is 0 Å². The van der Waals surface area contributed by atoms with Crippen LogP contribution >= 0.6 is 0 Å². The number of nitrogens with two attached hydrogens (primary N) is 1. The molecule has 3 N–H and O–H groups in total. The van der Waals surface area contributed by atoms with E-state index in [1.165, 1.54) is 13.2 Å². The zero-order valence-electron chi connectivity index (χ0n) is 11.5. The van der Waals surface area contributed by atoms with Gasteiger partial charge in [0.2, 0.25) is 0 Å². The van der Waals surface area contributed by atoms with Crippen molar-refractivity contribution in [3.63, 3.8) is 0 Å². The summed E-state index contributed by atoms with van der Waals surface area (Å²) in [6, 6.07) is 4.53. The van der Waals surface area contributed by atoms with E-state index in [0.29, 0.717) is 18.0 Å². The standard InChI is InChI=1S/C13H19N3O4/c1-3-20-12-7-9(14)13(12)15-10-5-4-8(19-2)6-11(10)16(17)18/h4-6,9,12-13,15H,3,7,14H2,1-2H3. The van der Waals surface area contributed by atoms with Gasteiger partial charge in [0.05, 0.1) is 30.2 Å². The second-order valence-electron chi connectivity index (χ2n) is 4.70. The number of rotatable bonds is 6. The van der Waals surface area contributed by atoms with Crippen LogP contribution in [0.2, 0.25) is 0 Å². The van der Waals surface area contributed by atoms with E-state index in [0.717, 1.165) is 6.42 Å². The minimum atomic E-state index is -0.440. The maximum absolute atomic E-state index is 11.1. The molecule has 1 aromatic rings. The van der Waals surface area contributed by atoms with E-state index in [1.807, 2.05) is 6.92 Å². The Balaban J connectivity index is 2.18. The van der Waals surface area contributed by atoms with Gasteiger partial charge >= 0.3 is 0 Å². The first-order valence-corrected chi connectivity index (χ1v) is 6.53. The molecule has 1 aromatic carbocycles. The normalized spacial score (nSPS) is 24.9. The van der Waals surface area contributed by atoms with Gasteiger partial charge in [0.1, 0.15) is 11.4 Å². The van der Waals surface area contributed by atoms with E-state index in [1.54, 1.807) is 12.1 Å². The SMILES string of the molecule is CCOC1CC(N)C1Nc1ccc(OC)cc1[N+](=O)[O-]. The number of hydrogen-bond acceptors (Lipinski definition) is 6. The summed E-state index contributed by atoms with van der Waals surface area (Å²) in [6.45, 7) is 2.51. The predicted molar refractivity (Wildman–Crippen MR) is 75.1 cm³/mol. The molecular formula is C13H19N3O4. The fourth-order valence-electron chi connectivity index (χ4n) is 2.32. The van der Waals surface area contributed by atoms with Gasteiger partial charge in [-0.2, -0.15) is 0 Å². The van der Waals surface area contributed by atoms with Crippen molar-refractivity contribution in [2.75, 3.05) is 19.0 Å². The molecule has 20 heavy (non-hydrogen) atoms. The molecule has 110 valence electrons. The van der Waals surface area contributed by atoms with E-state index in [-0.39, 0.29) is 23.9 Å². The van der Waals surface area contributed by atoms with Crippen LogP contribution in [0.3, 0.4) is 0 Å². The molecule has 0 amide bonds. The van der Waals surface area contributed by atoms with E-state index in [4.69, 9.17) is 15.2 Å². The van der Waals surface area contributed by atoms with Gasteiger partial charge in [-0.3, -0.25) is 10.1 Å². The lowest BCUT2D eigenvalue weighted by atomic mass is 9.83. The summed E-state index contributed by atoms with van der Waals surface area (Å²) in [5, 5.41) is 14.2. The fraction of sp³-hybridized carbons (Fsp3) is 0.538. The predicted octanol–water partition coefficient (Wildman–Crippen LogP) is 1.52. The van der Waals surface area contributed by atoms with Crippen molar-refractivity contribution < 1.29 is 14.4 Å². The molecule has 0 radical (unpaired) electrons. The number of methoxy groups -OCH3 is 1. The zero-order chi connectivity index (χ0) is 14.7. The molecule has 7 nitrogen and oxygen atoms in total. The highest BCUT2D eigenvalue weighted by Gasteiger charge is 2.40. The Morgan fingerprint density at radius 1 is 1.55 bits per heavy atom. The summed E-state index contributed by atoms with van der Waals surface area (Å²) in [6.07, 6.45) is 0.756. The van der Waals surface area contributed by atoms with Crippen LogP contribution in [0.5, 0.6) is 5.75 Å². The third-order valence-corrected chi connectivity index (χ3v) is 3.47. The lowest BCUT2D eigenvalue weighted by Crippen LogP contribution is -2.60. The first-order valence-electron chi connectivity index (χ1n) is 6.53. The molecule has 0 aliphatic heterocycles. The van der Waals surface area contributed by atoms with Gasteiger partial charge in [-0.15, -0.1) is 0 Å². The van der Waals surface area contributed by atoms with Crippen LogP contribution in [0, 0.1) is 10.1 Å². The molecular weight excluding hydrogens is 262 g/mol. The van der Waals surface area contributed by atoms with E-state index < -0.39 is 4.92 Å². The highest BCUT2D eigenvalue weighted by molar-refractivity contribution is 5.64. The summed E-state index contributed by atoms with van der Waals surface area (Å²) in [5.41, 5.74) is 6.34. The zero-order valence-corrected chi connectivity index (χ0v) is 11.5. The molecule has 0 heterocycles. The maximum Gasteiger partial charge on any atom is 0.296 e. The minimum Gasteiger partial charge on any atom is -0.496 e. The third kappa shape index (κ3) is 2.83. The van der Waals surface area contributed by atoms with Crippen LogP contribution in [-0.2, 0) is 4.74 Å². The Kier molecular flexibility index (Phi) is 4.41.